The van der Waals surface area contributed by atoms with Crippen molar-refractivity contribution in [2.75, 3.05) is 12.5 Å². The third-order valence-electron chi connectivity index (χ3n) is 6.55. The van der Waals surface area contributed by atoms with Crippen LogP contribution in [0.25, 0.3) is 0 Å². The number of ether oxygens (including phenoxy) is 2. The minimum Gasteiger partial charge on any atom is -0.454 e. The van der Waals surface area contributed by atoms with Crippen LogP contribution >= 0.6 is 0 Å². The molecule has 0 aromatic heterocycles. The van der Waals surface area contributed by atoms with E-state index in [0.717, 1.165) is 12.8 Å². The Morgan fingerprint density at radius 1 is 1.13 bits per heavy atom. The Balaban J connectivity index is 1.95. The Labute approximate surface area is 176 Å². The summed E-state index contributed by atoms with van der Waals surface area (Å²) >= 11 is 0. The zero-order valence-electron chi connectivity index (χ0n) is 17.2. The summed E-state index contributed by atoms with van der Waals surface area (Å²) in [5.41, 5.74) is 0.156. The minimum absolute atomic E-state index is 0.0949. The quantitative estimate of drug-likeness (QED) is 0.705. The summed E-state index contributed by atoms with van der Waals surface area (Å²) in [4.78, 5) is 0.0949. The molecule has 0 bridgehead atoms. The lowest BCUT2D eigenvalue weighted by atomic mass is 9.69. The topological polar surface area (TPSA) is 72.8 Å². The average molecular weight is 435 g/mol. The van der Waals surface area contributed by atoms with Gasteiger partial charge in [-0.25, -0.2) is 12.8 Å². The van der Waals surface area contributed by atoms with E-state index >= 15 is 0 Å². The normalized spacial score (nSPS) is 26.8. The van der Waals surface area contributed by atoms with Gasteiger partial charge in [-0.15, -0.1) is 0 Å². The van der Waals surface area contributed by atoms with Crippen molar-refractivity contribution in [1.29, 1.82) is 0 Å². The van der Waals surface area contributed by atoms with Gasteiger partial charge in [0.2, 0.25) is 6.79 Å². The van der Waals surface area contributed by atoms with E-state index in [1.807, 2.05) is 13.8 Å². The maximum atomic E-state index is 14.3. The van der Waals surface area contributed by atoms with Gasteiger partial charge in [0.05, 0.1) is 16.8 Å². The summed E-state index contributed by atoms with van der Waals surface area (Å²) in [5, 5.41) is 11.7. The number of aliphatic hydroxyl groups is 1. The van der Waals surface area contributed by atoms with Crippen LogP contribution in [0.2, 0.25) is 0 Å². The summed E-state index contributed by atoms with van der Waals surface area (Å²) in [5.74, 6) is -0.238. The molecule has 1 N–H and O–H groups in total. The van der Waals surface area contributed by atoms with Crippen LogP contribution in [0.5, 0.6) is 11.5 Å². The number of halogens is 1. The van der Waals surface area contributed by atoms with Crippen molar-refractivity contribution in [2.45, 2.75) is 56.4 Å². The molecule has 0 saturated carbocycles. The second-order valence-corrected chi connectivity index (χ2v) is 10.3. The minimum atomic E-state index is -3.71. The molecule has 3 atom stereocenters. The molecule has 162 valence electrons. The van der Waals surface area contributed by atoms with Crippen LogP contribution in [0.1, 0.15) is 56.6 Å². The zero-order chi connectivity index (χ0) is 21.5. The lowest BCUT2D eigenvalue weighted by Crippen LogP contribution is -2.42. The van der Waals surface area contributed by atoms with Crippen molar-refractivity contribution in [3.8, 4) is 11.5 Å². The molecule has 7 heteroatoms. The van der Waals surface area contributed by atoms with Crippen molar-refractivity contribution in [1.82, 2.24) is 0 Å². The van der Waals surface area contributed by atoms with Crippen LogP contribution in [-0.2, 0) is 9.84 Å². The molecule has 0 aliphatic carbocycles. The summed E-state index contributed by atoms with van der Waals surface area (Å²) in [7, 11) is -3.71. The molecule has 2 heterocycles. The van der Waals surface area contributed by atoms with E-state index in [9.17, 15) is 17.9 Å². The molecule has 30 heavy (non-hydrogen) atoms. The van der Waals surface area contributed by atoms with Crippen LogP contribution in [0.4, 0.5) is 4.39 Å². The summed E-state index contributed by atoms with van der Waals surface area (Å²) in [6.07, 6.45) is 1.79. The first-order valence-electron chi connectivity index (χ1n) is 10.4. The molecule has 1 unspecified atom stereocenters. The van der Waals surface area contributed by atoms with Gasteiger partial charge >= 0.3 is 0 Å². The van der Waals surface area contributed by atoms with Crippen LogP contribution in [0.3, 0.4) is 0 Å². The molecule has 0 spiro atoms. The molecule has 0 saturated heterocycles. The van der Waals surface area contributed by atoms with Gasteiger partial charge in [0.15, 0.2) is 21.3 Å². The van der Waals surface area contributed by atoms with E-state index in [2.05, 4.69) is 0 Å². The van der Waals surface area contributed by atoms with E-state index < -0.39 is 33.1 Å². The van der Waals surface area contributed by atoms with Gasteiger partial charge in [-0.3, -0.25) is 0 Å². The van der Waals surface area contributed by atoms with E-state index in [1.165, 1.54) is 18.2 Å². The number of fused-ring (bicyclic) bond motifs is 2. The molecular formula is C23H27FO5S. The Morgan fingerprint density at radius 3 is 2.63 bits per heavy atom. The molecule has 2 aliphatic heterocycles. The fourth-order valence-corrected chi connectivity index (χ4v) is 7.07. The Hall–Kier alpha value is -2.12. The van der Waals surface area contributed by atoms with Gasteiger partial charge in [-0.2, -0.15) is 0 Å². The van der Waals surface area contributed by atoms with Crippen molar-refractivity contribution < 1.29 is 27.4 Å². The molecule has 0 fully saturated rings. The number of aliphatic hydroxyl groups excluding tert-OH is 1. The first-order chi connectivity index (χ1) is 14.3. The lowest BCUT2D eigenvalue weighted by Gasteiger charge is -2.39. The summed E-state index contributed by atoms with van der Waals surface area (Å²) in [6.45, 7) is 4.07. The second-order valence-electron chi connectivity index (χ2n) is 8.30. The summed E-state index contributed by atoms with van der Waals surface area (Å²) in [6, 6.07) is 9.07. The predicted molar refractivity (Wildman–Crippen MR) is 111 cm³/mol. The Bertz CT molecular complexity index is 1050. The number of unbranched alkanes of at least 4 members (excludes halogenated alkanes) is 1. The van der Waals surface area contributed by atoms with Crippen molar-refractivity contribution in [2.24, 2.45) is 5.41 Å². The average Bonchev–Trinajstić information content (AvgIpc) is 3.16. The van der Waals surface area contributed by atoms with Crippen LogP contribution < -0.4 is 9.47 Å². The van der Waals surface area contributed by atoms with Crippen LogP contribution in [-0.4, -0.2) is 32.2 Å². The molecular weight excluding hydrogens is 407 g/mol. The van der Waals surface area contributed by atoms with E-state index in [1.54, 1.807) is 18.2 Å². The van der Waals surface area contributed by atoms with Crippen molar-refractivity contribution >= 4 is 9.84 Å². The van der Waals surface area contributed by atoms with Crippen LogP contribution in [0.15, 0.2) is 41.3 Å². The first-order valence-corrected chi connectivity index (χ1v) is 12.1. The Morgan fingerprint density at radius 2 is 1.90 bits per heavy atom. The fraction of sp³-hybridized carbons (Fsp3) is 0.478. The third kappa shape index (κ3) is 3.48. The standard InChI is InChI=1S/C23H27FO5S/c1-3-5-10-23(4-2)13-30(26,27)20-9-7-16(24)12-17(20)21(22(23)25)15-6-8-18-19(11-15)29-14-28-18/h6-9,11-12,21-22,25H,3-5,10,13-14H2,1-2H3/t21-,22-,23?/m1/s1. The van der Waals surface area contributed by atoms with Gasteiger partial charge < -0.3 is 14.6 Å². The smallest absolute Gasteiger partial charge is 0.231 e. The van der Waals surface area contributed by atoms with Gasteiger partial charge in [-0.05, 0) is 54.3 Å². The first kappa shape index (κ1) is 21.1. The number of sulfone groups is 1. The maximum absolute atomic E-state index is 14.3. The molecule has 2 aromatic rings. The molecule has 2 aromatic carbocycles. The summed E-state index contributed by atoms with van der Waals surface area (Å²) < 4.78 is 51.9. The highest BCUT2D eigenvalue weighted by Gasteiger charge is 2.49. The van der Waals surface area contributed by atoms with E-state index in [-0.39, 0.29) is 17.4 Å². The van der Waals surface area contributed by atoms with E-state index in [4.69, 9.17) is 9.47 Å². The highest BCUT2D eigenvalue weighted by atomic mass is 32.2. The van der Waals surface area contributed by atoms with Gasteiger partial charge in [0.1, 0.15) is 5.82 Å². The fourth-order valence-electron chi connectivity index (χ4n) is 4.82. The van der Waals surface area contributed by atoms with Crippen molar-refractivity contribution in [3.63, 3.8) is 0 Å². The lowest BCUT2D eigenvalue weighted by molar-refractivity contribution is 0.0173. The largest absolute Gasteiger partial charge is 0.454 e. The number of benzene rings is 2. The highest BCUT2D eigenvalue weighted by Crippen LogP contribution is 2.50. The van der Waals surface area contributed by atoms with Gasteiger partial charge in [0, 0.05) is 11.3 Å². The van der Waals surface area contributed by atoms with Crippen LogP contribution in [0, 0.1) is 11.2 Å². The third-order valence-corrected chi connectivity index (χ3v) is 8.55. The highest BCUT2D eigenvalue weighted by molar-refractivity contribution is 7.91. The number of rotatable bonds is 5. The molecule has 2 aliphatic rings. The molecule has 0 amide bonds. The Kier molecular flexibility index (Phi) is 5.53. The SMILES string of the molecule is CCCCC1(CC)CS(=O)(=O)c2ccc(F)cc2[C@@H](c2ccc3c(c2)OCO3)[C@H]1O. The predicted octanol–water partition coefficient (Wildman–Crippen LogP) is 4.42. The van der Waals surface area contributed by atoms with E-state index in [0.29, 0.717) is 35.5 Å². The molecule has 5 nitrogen and oxygen atoms in total. The monoisotopic (exact) mass is 434 g/mol. The number of hydrogen-bond donors (Lipinski definition) is 1. The molecule has 0 radical (unpaired) electrons. The van der Waals surface area contributed by atoms with Gasteiger partial charge in [-0.1, -0.05) is 32.8 Å². The molecule has 4 rings (SSSR count). The zero-order valence-corrected chi connectivity index (χ0v) is 18.0. The van der Waals surface area contributed by atoms with Crippen molar-refractivity contribution in [3.05, 3.63) is 53.3 Å². The second kappa shape index (κ2) is 7.85. The maximum Gasteiger partial charge on any atom is 0.231 e. The number of hydrogen-bond acceptors (Lipinski definition) is 5. The van der Waals surface area contributed by atoms with Gasteiger partial charge in [0.25, 0.3) is 0 Å².